The van der Waals surface area contributed by atoms with Crippen molar-refractivity contribution in [3.63, 3.8) is 0 Å². The molecule has 0 heterocycles. The first-order chi connectivity index (χ1) is 9.08. The van der Waals surface area contributed by atoms with Gasteiger partial charge in [0.2, 0.25) is 0 Å². The number of nitrogen functional groups attached to an aromatic ring is 1. The van der Waals surface area contributed by atoms with E-state index >= 15 is 0 Å². The highest BCUT2D eigenvalue weighted by molar-refractivity contribution is 5.91. The Hall–Kier alpha value is -1.58. The monoisotopic (exact) mass is 265 g/mol. The molecule has 1 fully saturated rings. The summed E-state index contributed by atoms with van der Waals surface area (Å²) in [7, 11) is 0. The van der Waals surface area contributed by atoms with Crippen molar-refractivity contribution < 1.29 is 13.9 Å². The fourth-order valence-corrected chi connectivity index (χ4v) is 2.57. The SMILES string of the molecule is Cc1cc(N)cc(C(=O)OCC2CCCCC2)c1F. The largest absolute Gasteiger partial charge is 0.462 e. The van der Waals surface area contributed by atoms with Gasteiger partial charge in [0.05, 0.1) is 12.2 Å². The molecule has 1 aliphatic carbocycles. The minimum atomic E-state index is -0.613. The van der Waals surface area contributed by atoms with Gasteiger partial charge in [-0.15, -0.1) is 0 Å². The maximum atomic E-state index is 13.8. The summed E-state index contributed by atoms with van der Waals surface area (Å²) in [6, 6.07) is 2.85. The van der Waals surface area contributed by atoms with Gasteiger partial charge in [-0.1, -0.05) is 19.3 Å². The Morgan fingerprint density at radius 1 is 1.37 bits per heavy atom. The molecule has 0 amide bonds. The van der Waals surface area contributed by atoms with Crippen molar-refractivity contribution >= 4 is 11.7 Å². The molecule has 0 radical (unpaired) electrons. The van der Waals surface area contributed by atoms with Crippen LogP contribution < -0.4 is 5.73 Å². The molecule has 19 heavy (non-hydrogen) atoms. The molecule has 0 spiro atoms. The van der Waals surface area contributed by atoms with Crippen molar-refractivity contribution in [2.24, 2.45) is 5.92 Å². The molecule has 1 aliphatic rings. The molecule has 1 saturated carbocycles. The smallest absolute Gasteiger partial charge is 0.341 e. The number of aryl methyl sites for hydroxylation is 1. The average Bonchev–Trinajstić information content (AvgIpc) is 2.41. The molecule has 0 atom stereocenters. The van der Waals surface area contributed by atoms with Crippen LogP contribution in [0.1, 0.15) is 48.0 Å². The zero-order chi connectivity index (χ0) is 13.8. The van der Waals surface area contributed by atoms with Gasteiger partial charge in [0.15, 0.2) is 0 Å². The molecule has 0 unspecified atom stereocenters. The number of ether oxygens (including phenoxy) is 1. The van der Waals surface area contributed by atoms with Gasteiger partial charge >= 0.3 is 5.97 Å². The molecule has 0 saturated heterocycles. The molecule has 0 aliphatic heterocycles. The van der Waals surface area contributed by atoms with Crippen LogP contribution >= 0.6 is 0 Å². The molecule has 3 nitrogen and oxygen atoms in total. The van der Waals surface area contributed by atoms with Crippen molar-refractivity contribution in [1.82, 2.24) is 0 Å². The second kappa shape index (κ2) is 6.04. The Kier molecular flexibility index (Phi) is 4.40. The Balaban J connectivity index is 1.99. The van der Waals surface area contributed by atoms with Gasteiger partial charge in [0.25, 0.3) is 0 Å². The van der Waals surface area contributed by atoms with Crippen LogP contribution in [0.3, 0.4) is 0 Å². The van der Waals surface area contributed by atoms with Gasteiger partial charge in [0.1, 0.15) is 5.82 Å². The van der Waals surface area contributed by atoms with E-state index in [0.29, 0.717) is 23.8 Å². The molecule has 104 valence electrons. The van der Waals surface area contributed by atoms with Gasteiger partial charge in [-0.2, -0.15) is 0 Å². The fourth-order valence-electron chi connectivity index (χ4n) is 2.57. The summed E-state index contributed by atoms with van der Waals surface area (Å²) in [6.07, 6.45) is 5.81. The Morgan fingerprint density at radius 2 is 2.05 bits per heavy atom. The number of nitrogens with two attached hydrogens (primary N) is 1. The van der Waals surface area contributed by atoms with Gasteiger partial charge < -0.3 is 10.5 Å². The number of rotatable bonds is 3. The van der Waals surface area contributed by atoms with Gasteiger partial charge in [0, 0.05) is 5.69 Å². The van der Waals surface area contributed by atoms with Crippen molar-refractivity contribution in [2.45, 2.75) is 39.0 Å². The first kappa shape index (κ1) is 13.8. The van der Waals surface area contributed by atoms with E-state index in [0.717, 1.165) is 12.8 Å². The summed E-state index contributed by atoms with van der Waals surface area (Å²) in [5.41, 5.74) is 6.31. The molecular weight excluding hydrogens is 245 g/mol. The highest BCUT2D eigenvalue weighted by Crippen LogP contribution is 2.24. The van der Waals surface area contributed by atoms with Crippen molar-refractivity contribution in [3.8, 4) is 0 Å². The minimum Gasteiger partial charge on any atom is -0.462 e. The van der Waals surface area contributed by atoms with E-state index in [2.05, 4.69) is 0 Å². The van der Waals surface area contributed by atoms with Gasteiger partial charge in [-0.05, 0) is 43.4 Å². The highest BCUT2D eigenvalue weighted by Gasteiger charge is 2.19. The van der Waals surface area contributed by atoms with E-state index in [1.165, 1.54) is 31.4 Å². The normalized spacial score (nSPS) is 16.3. The van der Waals surface area contributed by atoms with Crippen molar-refractivity contribution in [3.05, 3.63) is 29.1 Å². The van der Waals surface area contributed by atoms with E-state index in [9.17, 15) is 9.18 Å². The third-order valence-electron chi connectivity index (χ3n) is 3.67. The molecule has 0 aromatic heterocycles. The van der Waals surface area contributed by atoms with E-state index in [4.69, 9.17) is 10.5 Å². The van der Waals surface area contributed by atoms with Crippen LogP contribution in [0.15, 0.2) is 12.1 Å². The Bertz CT molecular complexity index is 467. The third kappa shape index (κ3) is 3.46. The molecule has 4 heteroatoms. The number of anilines is 1. The molecule has 1 aromatic carbocycles. The lowest BCUT2D eigenvalue weighted by Gasteiger charge is -2.21. The van der Waals surface area contributed by atoms with E-state index in [-0.39, 0.29) is 5.56 Å². The Labute approximate surface area is 112 Å². The Morgan fingerprint density at radius 3 is 2.74 bits per heavy atom. The number of carbonyl (C=O) groups is 1. The minimum absolute atomic E-state index is 0.0618. The number of benzene rings is 1. The van der Waals surface area contributed by atoms with Crippen molar-refractivity contribution in [2.75, 3.05) is 12.3 Å². The summed E-state index contributed by atoms with van der Waals surface area (Å²) >= 11 is 0. The number of hydrogen-bond donors (Lipinski definition) is 1. The standard InChI is InChI=1S/C15H20FNO2/c1-10-7-12(17)8-13(14(10)16)15(18)19-9-11-5-3-2-4-6-11/h7-8,11H,2-6,9,17H2,1H3. The summed E-state index contributed by atoms with van der Waals surface area (Å²) in [4.78, 5) is 11.9. The van der Waals surface area contributed by atoms with Gasteiger partial charge in [-0.25, -0.2) is 9.18 Å². The molecule has 2 N–H and O–H groups in total. The zero-order valence-corrected chi connectivity index (χ0v) is 11.2. The van der Waals surface area contributed by atoms with Crippen LogP contribution in [0.4, 0.5) is 10.1 Å². The molecule has 1 aromatic rings. The van der Waals surface area contributed by atoms with Crippen LogP contribution in [-0.2, 0) is 4.74 Å². The molecule has 0 bridgehead atoms. The van der Waals surface area contributed by atoms with Crippen LogP contribution in [0.5, 0.6) is 0 Å². The third-order valence-corrected chi connectivity index (χ3v) is 3.67. The second-order valence-electron chi connectivity index (χ2n) is 5.30. The van der Waals surface area contributed by atoms with Crippen LogP contribution in [0, 0.1) is 18.7 Å². The topological polar surface area (TPSA) is 52.3 Å². The molecular formula is C15H20FNO2. The maximum absolute atomic E-state index is 13.8. The lowest BCUT2D eigenvalue weighted by atomic mass is 9.90. The lowest BCUT2D eigenvalue weighted by Crippen LogP contribution is -2.18. The lowest BCUT2D eigenvalue weighted by molar-refractivity contribution is 0.0405. The number of halogens is 1. The van der Waals surface area contributed by atoms with E-state index < -0.39 is 11.8 Å². The van der Waals surface area contributed by atoms with E-state index in [1.807, 2.05) is 0 Å². The van der Waals surface area contributed by atoms with Crippen LogP contribution in [-0.4, -0.2) is 12.6 Å². The first-order valence-electron chi connectivity index (χ1n) is 6.80. The first-order valence-corrected chi connectivity index (χ1v) is 6.80. The quantitative estimate of drug-likeness (QED) is 0.672. The summed E-state index contributed by atoms with van der Waals surface area (Å²) < 4.78 is 19.1. The van der Waals surface area contributed by atoms with Crippen molar-refractivity contribution in [1.29, 1.82) is 0 Å². The summed E-state index contributed by atoms with van der Waals surface area (Å²) in [5, 5.41) is 0. The predicted molar refractivity (Wildman–Crippen MR) is 72.4 cm³/mol. The fraction of sp³-hybridized carbons (Fsp3) is 0.533. The predicted octanol–water partition coefficient (Wildman–Crippen LogP) is 3.45. The second-order valence-corrected chi connectivity index (χ2v) is 5.30. The number of hydrogen-bond acceptors (Lipinski definition) is 3. The molecule has 2 rings (SSSR count). The maximum Gasteiger partial charge on any atom is 0.341 e. The number of carbonyl (C=O) groups excluding carboxylic acids is 1. The highest BCUT2D eigenvalue weighted by atomic mass is 19.1. The van der Waals surface area contributed by atoms with Gasteiger partial charge in [-0.3, -0.25) is 0 Å². The summed E-state index contributed by atoms with van der Waals surface area (Å²) in [5.74, 6) is -0.732. The van der Waals surface area contributed by atoms with Crippen LogP contribution in [0.2, 0.25) is 0 Å². The number of esters is 1. The zero-order valence-electron chi connectivity index (χ0n) is 11.2. The van der Waals surface area contributed by atoms with Crippen LogP contribution in [0.25, 0.3) is 0 Å². The average molecular weight is 265 g/mol. The van der Waals surface area contributed by atoms with E-state index in [1.54, 1.807) is 6.92 Å². The summed E-state index contributed by atoms with van der Waals surface area (Å²) in [6.45, 7) is 1.97.